The lowest BCUT2D eigenvalue weighted by molar-refractivity contribution is -0.121. The fourth-order valence-electron chi connectivity index (χ4n) is 2.59. The number of anilines is 1. The second-order valence-electron chi connectivity index (χ2n) is 6.03. The van der Waals surface area contributed by atoms with Crippen LogP contribution in [-0.2, 0) is 11.2 Å². The number of hydrogen-bond acceptors (Lipinski definition) is 3. The van der Waals surface area contributed by atoms with Crippen molar-refractivity contribution < 1.29 is 14.4 Å². The molecule has 0 heterocycles. The molecular weight excluding hydrogens is 354 g/mol. The van der Waals surface area contributed by atoms with Crippen molar-refractivity contribution in [1.29, 1.82) is 0 Å². The smallest absolute Gasteiger partial charge is 0.271 e. The molecule has 0 aliphatic rings. The number of hydrazine groups is 1. The van der Waals surface area contributed by atoms with Crippen molar-refractivity contribution >= 4 is 23.4 Å². The van der Waals surface area contributed by atoms with Crippen LogP contribution in [0.3, 0.4) is 0 Å². The van der Waals surface area contributed by atoms with Gasteiger partial charge in [-0.2, -0.15) is 0 Å². The van der Waals surface area contributed by atoms with Crippen LogP contribution < -0.4 is 16.2 Å². The average Bonchev–Trinajstić information content (AvgIpc) is 2.74. The fourth-order valence-corrected chi connectivity index (χ4v) is 2.59. The molecule has 3 aromatic rings. The molecule has 0 radical (unpaired) electrons. The Morgan fingerprint density at radius 1 is 0.643 bits per heavy atom. The Bertz CT molecular complexity index is 973. The number of carbonyl (C=O) groups excluding carboxylic acids is 3. The largest absolute Gasteiger partial charge is 0.321 e. The van der Waals surface area contributed by atoms with Gasteiger partial charge in [0.15, 0.2) is 0 Å². The lowest BCUT2D eigenvalue weighted by Crippen LogP contribution is -2.42. The van der Waals surface area contributed by atoms with Crippen LogP contribution in [0.5, 0.6) is 0 Å². The van der Waals surface area contributed by atoms with Gasteiger partial charge in [0.05, 0.1) is 17.7 Å². The molecule has 0 fully saturated rings. The number of para-hydroxylation sites is 1. The summed E-state index contributed by atoms with van der Waals surface area (Å²) in [6.07, 6.45) is 0.146. The molecule has 0 saturated carbocycles. The highest BCUT2D eigenvalue weighted by molar-refractivity contribution is 6.09. The second kappa shape index (κ2) is 9.14. The highest BCUT2D eigenvalue weighted by atomic mass is 16.2. The topological polar surface area (TPSA) is 87.3 Å². The van der Waals surface area contributed by atoms with E-state index in [-0.39, 0.29) is 23.8 Å². The van der Waals surface area contributed by atoms with Crippen LogP contribution >= 0.6 is 0 Å². The van der Waals surface area contributed by atoms with E-state index >= 15 is 0 Å². The Kier molecular flexibility index (Phi) is 6.15. The summed E-state index contributed by atoms with van der Waals surface area (Å²) >= 11 is 0. The molecule has 3 rings (SSSR count). The molecule has 0 aliphatic heterocycles. The van der Waals surface area contributed by atoms with Gasteiger partial charge in [0, 0.05) is 5.56 Å². The zero-order valence-corrected chi connectivity index (χ0v) is 15.0. The van der Waals surface area contributed by atoms with E-state index in [1.54, 1.807) is 48.5 Å². The van der Waals surface area contributed by atoms with Crippen molar-refractivity contribution in [3.05, 3.63) is 102 Å². The Labute approximate surface area is 162 Å². The second-order valence-corrected chi connectivity index (χ2v) is 6.03. The van der Waals surface area contributed by atoms with Crippen LogP contribution in [0.1, 0.15) is 26.3 Å². The minimum absolute atomic E-state index is 0.146. The third-order valence-corrected chi connectivity index (χ3v) is 3.98. The minimum atomic E-state index is -0.523. The quantitative estimate of drug-likeness (QED) is 0.601. The van der Waals surface area contributed by atoms with E-state index in [1.807, 2.05) is 36.4 Å². The first-order valence-corrected chi connectivity index (χ1v) is 8.72. The summed E-state index contributed by atoms with van der Waals surface area (Å²) in [5.74, 6) is -1.19. The summed E-state index contributed by atoms with van der Waals surface area (Å²) in [6.45, 7) is 0. The lowest BCUT2D eigenvalue weighted by atomic mass is 10.1. The fraction of sp³-hybridized carbons (Fsp3) is 0.0455. The van der Waals surface area contributed by atoms with Gasteiger partial charge in [0.2, 0.25) is 5.91 Å². The SMILES string of the molecule is O=C(Cc1ccccc1)NNC(=O)c1ccccc1NC(=O)c1ccccc1. The van der Waals surface area contributed by atoms with E-state index in [4.69, 9.17) is 0 Å². The molecule has 0 aliphatic carbocycles. The van der Waals surface area contributed by atoms with Gasteiger partial charge < -0.3 is 5.32 Å². The van der Waals surface area contributed by atoms with Crippen LogP contribution in [0, 0.1) is 0 Å². The first kappa shape index (κ1) is 18.8. The monoisotopic (exact) mass is 373 g/mol. The number of hydrogen-bond donors (Lipinski definition) is 3. The Balaban J connectivity index is 1.62. The van der Waals surface area contributed by atoms with E-state index in [2.05, 4.69) is 16.2 Å². The normalized spacial score (nSPS) is 10.0. The summed E-state index contributed by atoms with van der Waals surface area (Å²) in [5.41, 5.74) is 6.69. The lowest BCUT2D eigenvalue weighted by Gasteiger charge is -2.12. The van der Waals surface area contributed by atoms with Crippen LogP contribution in [0.4, 0.5) is 5.69 Å². The van der Waals surface area contributed by atoms with Gasteiger partial charge in [-0.05, 0) is 29.8 Å². The summed E-state index contributed by atoms with van der Waals surface area (Å²) in [6, 6.07) is 24.5. The summed E-state index contributed by atoms with van der Waals surface area (Å²) in [7, 11) is 0. The molecule has 0 bridgehead atoms. The molecule has 3 aromatic carbocycles. The zero-order valence-electron chi connectivity index (χ0n) is 15.0. The van der Waals surface area contributed by atoms with Crippen molar-refractivity contribution in [3.8, 4) is 0 Å². The van der Waals surface area contributed by atoms with Gasteiger partial charge in [0.25, 0.3) is 11.8 Å². The first-order chi connectivity index (χ1) is 13.6. The predicted octanol–water partition coefficient (Wildman–Crippen LogP) is 2.94. The van der Waals surface area contributed by atoms with Gasteiger partial charge in [-0.3, -0.25) is 25.2 Å². The Hall–Kier alpha value is -3.93. The van der Waals surface area contributed by atoms with Gasteiger partial charge in [-0.15, -0.1) is 0 Å². The average molecular weight is 373 g/mol. The summed E-state index contributed by atoms with van der Waals surface area (Å²) in [5, 5.41) is 2.72. The van der Waals surface area contributed by atoms with Gasteiger partial charge in [-0.1, -0.05) is 60.7 Å². The van der Waals surface area contributed by atoms with Gasteiger partial charge in [-0.25, -0.2) is 0 Å². The van der Waals surface area contributed by atoms with Crippen molar-refractivity contribution in [2.45, 2.75) is 6.42 Å². The molecule has 3 N–H and O–H groups in total. The maximum Gasteiger partial charge on any atom is 0.271 e. The molecule has 0 saturated heterocycles. The molecular formula is C22H19N3O3. The van der Waals surface area contributed by atoms with Gasteiger partial charge in [0.1, 0.15) is 0 Å². The van der Waals surface area contributed by atoms with Crippen LogP contribution in [0.25, 0.3) is 0 Å². The standard InChI is InChI=1S/C22H19N3O3/c26-20(15-16-9-3-1-4-10-16)24-25-22(28)18-13-7-8-14-19(18)23-21(27)17-11-5-2-6-12-17/h1-14H,15H2,(H,23,27)(H,24,26)(H,25,28). The maximum absolute atomic E-state index is 12.5. The van der Waals surface area contributed by atoms with Crippen molar-refractivity contribution in [1.82, 2.24) is 10.9 Å². The number of nitrogens with one attached hydrogen (secondary N) is 3. The molecule has 0 unspecified atom stereocenters. The molecule has 0 atom stereocenters. The van der Waals surface area contributed by atoms with Crippen molar-refractivity contribution in [3.63, 3.8) is 0 Å². The van der Waals surface area contributed by atoms with Crippen molar-refractivity contribution in [2.24, 2.45) is 0 Å². The number of rotatable bonds is 5. The van der Waals surface area contributed by atoms with Gasteiger partial charge >= 0.3 is 0 Å². The number of carbonyl (C=O) groups is 3. The molecule has 28 heavy (non-hydrogen) atoms. The van der Waals surface area contributed by atoms with E-state index in [0.717, 1.165) is 5.56 Å². The Morgan fingerprint density at radius 3 is 1.96 bits per heavy atom. The summed E-state index contributed by atoms with van der Waals surface area (Å²) in [4.78, 5) is 36.8. The van der Waals surface area contributed by atoms with E-state index < -0.39 is 5.91 Å². The van der Waals surface area contributed by atoms with E-state index in [1.165, 1.54) is 0 Å². The van der Waals surface area contributed by atoms with E-state index in [0.29, 0.717) is 11.3 Å². The third kappa shape index (κ3) is 5.04. The minimum Gasteiger partial charge on any atom is -0.321 e. The van der Waals surface area contributed by atoms with Crippen LogP contribution in [-0.4, -0.2) is 17.7 Å². The van der Waals surface area contributed by atoms with Crippen LogP contribution in [0.15, 0.2) is 84.9 Å². The third-order valence-electron chi connectivity index (χ3n) is 3.98. The highest BCUT2D eigenvalue weighted by Crippen LogP contribution is 2.16. The number of benzene rings is 3. The summed E-state index contributed by atoms with van der Waals surface area (Å²) < 4.78 is 0. The molecule has 0 aromatic heterocycles. The molecule has 140 valence electrons. The highest BCUT2D eigenvalue weighted by Gasteiger charge is 2.14. The Morgan fingerprint density at radius 2 is 1.25 bits per heavy atom. The molecule has 3 amide bonds. The predicted molar refractivity (Wildman–Crippen MR) is 107 cm³/mol. The van der Waals surface area contributed by atoms with Crippen molar-refractivity contribution in [2.75, 3.05) is 5.32 Å². The molecule has 0 spiro atoms. The van der Waals surface area contributed by atoms with Crippen LogP contribution in [0.2, 0.25) is 0 Å². The maximum atomic E-state index is 12.5. The van der Waals surface area contributed by atoms with E-state index in [9.17, 15) is 14.4 Å². The zero-order chi connectivity index (χ0) is 19.8. The molecule has 6 nitrogen and oxygen atoms in total. The molecule has 6 heteroatoms. The first-order valence-electron chi connectivity index (χ1n) is 8.72. The number of amides is 3.